The van der Waals surface area contributed by atoms with Crippen molar-refractivity contribution in [3.05, 3.63) is 11.6 Å². The van der Waals surface area contributed by atoms with Gasteiger partial charge in [-0.05, 0) is 32.2 Å². The summed E-state index contributed by atoms with van der Waals surface area (Å²) < 4.78 is 10.5. The SMILES string of the molecule is CCCCCCOC(=O)/C(=C/C(=O)O)CCCCCN1CCOCC1. The number of esters is 1. The third-order valence-corrected chi connectivity index (χ3v) is 4.32. The summed E-state index contributed by atoms with van der Waals surface area (Å²) in [5.41, 5.74) is 0.273. The van der Waals surface area contributed by atoms with Crippen LogP contribution in [0.4, 0.5) is 0 Å². The van der Waals surface area contributed by atoms with Crippen molar-refractivity contribution in [3.63, 3.8) is 0 Å². The molecule has 0 spiro atoms. The van der Waals surface area contributed by atoms with Crippen molar-refractivity contribution < 1.29 is 24.2 Å². The summed E-state index contributed by atoms with van der Waals surface area (Å²) in [5.74, 6) is -1.57. The average Bonchev–Trinajstić information content (AvgIpc) is 2.60. The zero-order valence-corrected chi connectivity index (χ0v) is 15.5. The predicted octanol–water partition coefficient (Wildman–Crippen LogP) is 3.01. The number of nitrogens with zero attached hydrogens (tertiary/aromatic N) is 1. The van der Waals surface area contributed by atoms with Crippen LogP contribution in [0.1, 0.15) is 58.3 Å². The minimum atomic E-state index is -1.09. The van der Waals surface area contributed by atoms with E-state index >= 15 is 0 Å². The van der Waals surface area contributed by atoms with Gasteiger partial charge in [-0.2, -0.15) is 0 Å². The molecule has 0 aromatic heterocycles. The Bertz CT molecular complexity index is 416. The first-order valence-electron chi connectivity index (χ1n) is 9.54. The Morgan fingerprint density at radius 1 is 1.08 bits per heavy atom. The van der Waals surface area contributed by atoms with Gasteiger partial charge in [-0.1, -0.05) is 32.6 Å². The average molecular weight is 355 g/mol. The van der Waals surface area contributed by atoms with E-state index in [0.717, 1.165) is 83.9 Å². The Balaban J connectivity index is 2.23. The van der Waals surface area contributed by atoms with Gasteiger partial charge in [0, 0.05) is 24.7 Å². The van der Waals surface area contributed by atoms with E-state index in [4.69, 9.17) is 14.6 Å². The number of rotatable bonds is 13. The van der Waals surface area contributed by atoms with E-state index < -0.39 is 11.9 Å². The van der Waals surface area contributed by atoms with Gasteiger partial charge in [-0.25, -0.2) is 9.59 Å². The Kier molecular flexibility index (Phi) is 12.0. The Morgan fingerprint density at radius 2 is 1.80 bits per heavy atom. The third kappa shape index (κ3) is 10.9. The van der Waals surface area contributed by atoms with E-state index in [1.165, 1.54) is 0 Å². The predicted molar refractivity (Wildman–Crippen MR) is 96.5 cm³/mol. The van der Waals surface area contributed by atoms with Gasteiger partial charge in [0.1, 0.15) is 0 Å². The van der Waals surface area contributed by atoms with Gasteiger partial charge in [0.2, 0.25) is 0 Å². The summed E-state index contributed by atoms with van der Waals surface area (Å²) in [6, 6.07) is 0. The lowest BCUT2D eigenvalue weighted by molar-refractivity contribution is -0.140. The molecule has 0 aromatic carbocycles. The Hall–Kier alpha value is -1.40. The molecule has 6 heteroatoms. The van der Waals surface area contributed by atoms with Crippen LogP contribution < -0.4 is 0 Å². The number of carboxylic acid groups (broad SMARTS) is 1. The molecule has 6 nitrogen and oxygen atoms in total. The molecule has 0 aliphatic carbocycles. The first-order chi connectivity index (χ1) is 12.1. The first kappa shape index (κ1) is 21.6. The highest BCUT2D eigenvalue weighted by atomic mass is 16.5. The van der Waals surface area contributed by atoms with Gasteiger partial charge < -0.3 is 14.6 Å². The second-order valence-electron chi connectivity index (χ2n) is 6.47. The molecular weight excluding hydrogens is 322 g/mol. The molecule has 0 saturated carbocycles. The van der Waals surface area contributed by atoms with Gasteiger partial charge in [-0.15, -0.1) is 0 Å². The Morgan fingerprint density at radius 3 is 2.48 bits per heavy atom. The molecule has 1 N–H and O–H groups in total. The smallest absolute Gasteiger partial charge is 0.334 e. The van der Waals surface area contributed by atoms with Crippen molar-refractivity contribution in [2.45, 2.75) is 58.3 Å². The summed E-state index contributed by atoms with van der Waals surface area (Å²) >= 11 is 0. The highest BCUT2D eigenvalue weighted by molar-refractivity contribution is 5.95. The molecule has 0 unspecified atom stereocenters. The van der Waals surface area contributed by atoms with E-state index in [1.807, 2.05) is 0 Å². The molecule has 1 rings (SSSR count). The van der Waals surface area contributed by atoms with Crippen LogP contribution in [-0.4, -0.2) is 61.4 Å². The molecule has 0 amide bonds. The van der Waals surface area contributed by atoms with Crippen molar-refractivity contribution in [2.24, 2.45) is 0 Å². The van der Waals surface area contributed by atoms with Crippen molar-refractivity contribution in [3.8, 4) is 0 Å². The number of carboxylic acids is 1. The second kappa shape index (κ2) is 13.8. The van der Waals surface area contributed by atoms with Gasteiger partial charge in [-0.3, -0.25) is 4.90 Å². The number of morpholine rings is 1. The van der Waals surface area contributed by atoms with E-state index in [1.54, 1.807) is 0 Å². The standard InChI is InChI=1S/C19H33NO5/c1-2-3-4-8-13-25-19(23)17(16-18(21)22)9-6-5-7-10-20-11-14-24-15-12-20/h16H,2-15H2,1H3,(H,21,22)/b17-16+. The summed E-state index contributed by atoms with van der Waals surface area (Å²) in [7, 11) is 0. The molecule has 1 fully saturated rings. The fourth-order valence-electron chi connectivity index (χ4n) is 2.82. The topological polar surface area (TPSA) is 76.1 Å². The van der Waals surface area contributed by atoms with E-state index in [2.05, 4.69) is 11.8 Å². The van der Waals surface area contributed by atoms with Crippen LogP contribution >= 0.6 is 0 Å². The van der Waals surface area contributed by atoms with Crippen molar-refractivity contribution in [1.29, 1.82) is 0 Å². The van der Waals surface area contributed by atoms with Crippen LogP contribution in [-0.2, 0) is 19.1 Å². The number of carbonyl (C=O) groups is 2. The fraction of sp³-hybridized carbons (Fsp3) is 0.789. The number of unbranched alkanes of at least 4 members (excludes halogenated alkanes) is 5. The summed E-state index contributed by atoms with van der Waals surface area (Å²) in [5, 5.41) is 8.94. The van der Waals surface area contributed by atoms with Crippen molar-refractivity contribution in [2.75, 3.05) is 39.5 Å². The van der Waals surface area contributed by atoms with E-state index in [0.29, 0.717) is 13.0 Å². The summed E-state index contributed by atoms with van der Waals surface area (Å²) in [6.07, 6.45) is 8.39. The lowest BCUT2D eigenvalue weighted by atomic mass is 10.1. The Labute approximate surface area is 151 Å². The molecule has 0 atom stereocenters. The fourth-order valence-corrected chi connectivity index (χ4v) is 2.82. The zero-order chi connectivity index (χ0) is 18.3. The van der Waals surface area contributed by atoms with Crippen molar-refractivity contribution in [1.82, 2.24) is 4.90 Å². The van der Waals surface area contributed by atoms with Crippen LogP contribution in [0.3, 0.4) is 0 Å². The largest absolute Gasteiger partial charge is 0.478 e. The van der Waals surface area contributed by atoms with Crippen LogP contribution in [0.15, 0.2) is 11.6 Å². The van der Waals surface area contributed by atoms with Gasteiger partial charge in [0.05, 0.1) is 19.8 Å². The quantitative estimate of drug-likeness (QED) is 0.311. The minimum absolute atomic E-state index is 0.273. The maximum Gasteiger partial charge on any atom is 0.334 e. The highest BCUT2D eigenvalue weighted by Crippen LogP contribution is 2.13. The normalized spacial score (nSPS) is 16.0. The molecule has 1 saturated heterocycles. The summed E-state index contributed by atoms with van der Waals surface area (Å²) in [6.45, 7) is 7.09. The third-order valence-electron chi connectivity index (χ3n) is 4.32. The van der Waals surface area contributed by atoms with Crippen LogP contribution in [0.2, 0.25) is 0 Å². The maximum absolute atomic E-state index is 12.0. The van der Waals surface area contributed by atoms with Crippen molar-refractivity contribution >= 4 is 11.9 Å². The highest BCUT2D eigenvalue weighted by Gasteiger charge is 2.13. The lowest BCUT2D eigenvalue weighted by Gasteiger charge is -2.26. The molecule has 144 valence electrons. The minimum Gasteiger partial charge on any atom is -0.478 e. The number of ether oxygens (including phenoxy) is 2. The molecule has 1 aliphatic rings. The zero-order valence-electron chi connectivity index (χ0n) is 15.5. The van der Waals surface area contributed by atoms with Gasteiger partial charge in [0.25, 0.3) is 0 Å². The lowest BCUT2D eigenvalue weighted by Crippen LogP contribution is -2.36. The van der Waals surface area contributed by atoms with Crippen LogP contribution in [0.5, 0.6) is 0 Å². The molecule has 0 aromatic rings. The van der Waals surface area contributed by atoms with Crippen LogP contribution in [0.25, 0.3) is 0 Å². The molecule has 1 heterocycles. The monoisotopic (exact) mass is 355 g/mol. The van der Waals surface area contributed by atoms with Gasteiger partial charge >= 0.3 is 11.9 Å². The molecule has 0 bridgehead atoms. The number of carbonyl (C=O) groups excluding carboxylic acids is 1. The number of hydrogen-bond donors (Lipinski definition) is 1. The first-order valence-corrected chi connectivity index (χ1v) is 9.54. The molecule has 1 aliphatic heterocycles. The van der Waals surface area contributed by atoms with Crippen LogP contribution in [0, 0.1) is 0 Å². The molecule has 25 heavy (non-hydrogen) atoms. The molecular formula is C19H33NO5. The van der Waals surface area contributed by atoms with E-state index in [9.17, 15) is 9.59 Å². The maximum atomic E-state index is 12.0. The molecule has 0 radical (unpaired) electrons. The summed E-state index contributed by atoms with van der Waals surface area (Å²) in [4.78, 5) is 25.3. The number of hydrogen-bond acceptors (Lipinski definition) is 5. The van der Waals surface area contributed by atoms with E-state index in [-0.39, 0.29) is 5.57 Å². The van der Waals surface area contributed by atoms with Gasteiger partial charge in [0.15, 0.2) is 0 Å². The number of aliphatic carboxylic acids is 1. The second-order valence-corrected chi connectivity index (χ2v) is 6.47.